The Morgan fingerprint density at radius 2 is 1.51 bits per heavy atom. The van der Waals surface area contributed by atoms with Crippen molar-refractivity contribution < 1.29 is 52.0 Å². The Balaban J connectivity index is 0.000000745. The smallest absolute Gasteiger partial charge is 0.490 e. The van der Waals surface area contributed by atoms with Gasteiger partial charge in [0.15, 0.2) is 0 Å². The maximum absolute atomic E-state index is 12.8. The minimum Gasteiger partial charge on any atom is -0.497 e. The zero-order valence-electron chi connectivity index (χ0n) is 22.4. The van der Waals surface area contributed by atoms with E-state index in [1.54, 1.807) is 44.6 Å². The summed E-state index contributed by atoms with van der Waals surface area (Å²) >= 11 is 0. The predicted octanol–water partition coefficient (Wildman–Crippen LogP) is 2.16. The number of aliphatic carboxylic acids is 1. The van der Waals surface area contributed by atoms with Crippen molar-refractivity contribution in [1.82, 2.24) is 10.2 Å². The number of nitrogens with zero attached hydrogens (tertiary/aromatic N) is 2. The number of carbonyl (C=O) groups is 4. The lowest BCUT2D eigenvalue weighted by molar-refractivity contribution is -0.192. The van der Waals surface area contributed by atoms with Crippen molar-refractivity contribution in [1.29, 1.82) is 0 Å². The van der Waals surface area contributed by atoms with Crippen molar-refractivity contribution in [3.8, 4) is 5.75 Å². The van der Waals surface area contributed by atoms with Crippen LogP contribution in [0.2, 0.25) is 0 Å². The van der Waals surface area contributed by atoms with Crippen LogP contribution in [0.15, 0.2) is 42.5 Å². The average molecular weight is 585 g/mol. The van der Waals surface area contributed by atoms with Gasteiger partial charge in [-0.05, 0) is 42.5 Å². The molecule has 2 aromatic rings. The summed E-state index contributed by atoms with van der Waals surface area (Å²) in [6, 6.07) is 11.4. The molecule has 1 fully saturated rings. The molecule has 0 bridgehead atoms. The molecule has 15 heteroatoms. The summed E-state index contributed by atoms with van der Waals surface area (Å²) in [7, 11) is 3.13. The summed E-state index contributed by atoms with van der Waals surface area (Å²) < 4.78 is 41.8. The number of alkyl halides is 3. The van der Waals surface area contributed by atoms with Crippen LogP contribution in [-0.2, 0) is 14.3 Å². The fraction of sp³-hybridized carbons (Fsp3) is 0.385. The van der Waals surface area contributed by atoms with Crippen LogP contribution in [0.5, 0.6) is 5.75 Å². The number of aromatic carboxylic acids is 1. The van der Waals surface area contributed by atoms with Crippen LogP contribution in [0.3, 0.4) is 0 Å². The number of hydrogen-bond acceptors (Lipinski definition) is 8. The lowest BCUT2D eigenvalue weighted by atomic mass is 10.1. The number of carboxylic acid groups (broad SMARTS) is 2. The van der Waals surface area contributed by atoms with Crippen LogP contribution in [-0.4, -0.2) is 105 Å². The van der Waals surface area contributed by atoms with Crippen LogP contribution in [0, 0.1) is 0 Å². The number of benzene rings is 2. The number of carbonyl (C=O) groups excluding carboxylic acids is 2. The first-order valence-corrected chi connectivity index (χ1v) is 12.2. The maximum atomic E-state index is 12.8. The lowest BCUT2D eigenvalue weighted by Crippen LogP contribution is -2.50. The Hall–Kier alpha value is -4.37. The minimum atomic E-state index is -5.08. The number of anilines is 2. The van der Waals surface area contributed by atoms with Gasteiger partial charge < -0.3 is 35.2 Å². The van der Waals surface area contributed by atoms with Crippen LogP contribution in [0.4, 0.5) is 24.5 Å². The molecule has 0 unspecified atom stereocenters. The number of nitrogens with one attached hydrogen (secondary N) is 2. The van der Waals surface area contributed by atoms with Crippen molar-refractivity contribution in [3.63, 3.8) is 0 Å². The molecular weight excluding hydrogens is 553 g/mol. The first kappa shape index (κ1) is 32.8. The molecule has 3 rings (SSSR count). The predicted molar refractivity (Wildman–Crippen MR) is 142 cm³/mol. The summed E-state index contributed by atoms with van der Waals surface area (Å²) in [6.07, 6.45) is -5.08. The second kappa shape index (κ2) is 15.4. The molecule has 1 aliphatic rings. The second-order valence-electron chi connectivity index (χ2n) is 8.63. The quantitative estimate of drug-likeness (QED) is 0.305. The molecule has 0 radical (unpaired) electrons. The van der Waals surface area contributed by atoms with Crippen molar-refractivity contribution in [2.24, 2.45) is 0 Å². The molecule has 1 heterocycles. The van der Waals surface area contributed by atoms with E-state index in [0.717, 1.165) is 5.69 Å². The van der Waals surface area contributed by atoms with Gasteiger partial charge in [-0.3, -0.25) is 14.5 Å². The molecule has 0 saturated carbocycles. The summed E-state index contributed by atoms with van der Waals surface area (Å²) in [4.78, 5) is 49.4. The highest BCUT2D eigenvalue weighted by Gasteiger charge is 2.38. The lowest BCUT2D eigenvalue weighted by Gasteiger charge is -2.36. The molecule has 0 aliphatic carbocycles. The van der Waals surface area contributed by atoms with Crippen LogP contribution >= 0.6 is 0 Å². The van der Waals surface area contributed by atoms with Gasteiger partial charge in [-0.1, -0.05) is 0 Å². The number of hydrogen-bond donors (Lipinski definition) is 4. The summed E-state index contributed by atoms with van der Waals surface area (Å²) in [6.45, 7) is 3.82. The highest BCUT2D eigenvalue weighted by atomic mass is 19.4. The minimum absolute atomic E-state index is 0.0521. The molecule has 41 heavy (non-hydrogen) atoms. The number of carboxylic acids is 2. The molecule has 4 N–H and O–H groups in total. The number of amides is 2. The Morgan fingerprint density at radius 1 is 0.927 bits per heavy atom. The molecular formula is C26H31F3N4O8. The van der Waals surface area contributed by atoms with E-state index in [1.165, 1.54) is 12.1 Å². The third-order valence-corrected chi connectivity index (χ3v) is 5.79. The third kappa shape index (κ3) is 10.6. The van der Waals surface area contributed by atoms with Gasteiger partial charge in [-0.15, -0.1) is 0 Å². The molecule has 1 aliphatic heterocycles. The molecule has 0 spiro atoms. The number of piperazine rings is 1. The van der Waals surface area contributed by atoms with E-state index in [-0.39, 0.29) is 17.4 Å². The summed E-state index contributed by atoms with van der Waals surface area (Å²) in [5.41, 5.74) is 1.67. The topological polar surface area (TPSA) is 158 Å². The van der Waals surface area contributed by atoms with Gasteiger partial charge in [0.05, 0.1) is 37.2 Å². The SMILES string of the molecule is COCCNC(=O)CN1CCN(c2ccc(C(=O)O)cc2NC(=O)c2ccc(OC)cc2)CC1.O=C(O)C(F)(F)F. The van der Waals surface area contributed by atoms with Crippen molar-refractivity contribution in [3.05, 3.63) is 53.6 Å². The van der Waals surface area contributed by atoms with E-state index in [2.05, 4.69) is 20.4 Å². The fourth-order valence-corrected chi connectivity index (χ4v) is 3.68. The number of ether oxygens (including phenoxy) is 2. The summed E-state index contributed by atoms with van der Waals surface area (Å²) in [5, 5.41) is 22.2. The highest BCUT2D eigenvalue weighted by Crippen LogP contribution is 2.29. The monoisotopic (exact) mass is 584 g/mol. The molecule has 2 aromatic carbocycles. The van der Waals surface area contributed by atoms with Gasteiger partial charge in [-0.25, -0.2) is 9.59 Å². The Labute approximate surface area is 233 Å². The highest BCUT2D eigenvalue weighted by molar-refractivity contribution is 6.06. The molecule has 224 valence electrons. The van der Waals surface area contributed by atoms with Crippen molar-refractivity contribution in [2.45, 2.75) is 6.18 Å². The zero-order valence-corrected chi connectivity index (χ0v) is 22.4. The standard InChI is InChI=1S/C24H30N4O6.C2HF3O2/c1-33-14-9-25-22(29)16-27-10-12-28(13-11-27)21-8-5-18(24(31)32)15-20(21)26-23(30)17-3-6-19(34-2)7-4-17;3-2(4,5)1(6)7/h3-8,15H,9-14,16H2,1-2H3,(H,25,29)(H,26,30)(H,31,32);(H,6,7). The van der Waals surface area contributed by atoms with Crippen molar-refractivity contribution >= 4 is 35.1 Å². The summed E-state index contributed by atoms with van der Waals surface area (Å²) in [5.74, 6) is -3.60. The van der Waals surface area contributed by atoms with Gasteiger partial charge in [0.1, 0.15) is 5.75 Å². The zero-order chi connectivity index (χ0) is 30.6. The molecule has 0 aromatic heterocycles. The molecule has 1 saturated heterocycles. The third-order valence-electron chi connectivity index (χ3n) is 5.79. The van der Waals surface area contributed by atoms with E-state index >= 15 is 0 Å². The van der Waals surface area contributed by atoms with E-state index in [9.17, 15) is 32.7 Å². The molecule has 12 nitrogen and oxygen atoms in total. The largest absolute Gasteiger partial charge is 0.497 e. The first-order chi connectivity index (χ1) is 19.3. The van der Waals surface area contributed by atoms with Crippen molar-refractivity contribution in [2.75, 3.05) is 70.3 Å². The van der Waals surface area contributed by atoms with E-state index in [4.69, 9.17) is 19.4 Å². The fourth-order valence-electron chi connectivity index (χ4n) is 3.68. The van der Waals surface area contributed by atoms with Crippen LogP contribution < -0.4 is 20.3 Å². The normalized spacial score (nSPS) is 13.4. The van der Waals surface area contributed by atoms with E-state index in [0.29, 0.717) is 62.9 Å². The molecule has 0 atom stereocenters. The Kier molecular flexibility index (Phi) is 12.4. The van der Waals surface area contributed by atoms with E-state index in [1.807, 2.05) is 0 Å². The number of halogens is 3. The van der Waals surface area contributed by atoms with E-state index < -0.39 is 18.1 Å². The first-order valence-electron chi connectivity index (χ1n) is 12.2. The average Bonchev–Trinajstić information content (AvgIpc) is 2.93. The van der Waals surface area contributed by atoms with Gasteiger partial charge in [0.2, 0.25) is 5.91 Å². The van der Waals surface area contributed by atoms with Gasteiger partial charge in [-0.2, -0.15) is 13.2 Å². The molecule has 2 amide bonds. The Morgan fingerprint density at radius 3 is 2.02 bits per heavy atom. The maximum Gasteiger partial charge on any atom is 0.490 e. The van der Waals surface area contributed by atoms with Crippen LogP contribution in [0.1, 0.15) is 20.7 Å². The second-order valence-corrected chi connectivity index (χ2v) is 8.63. The van der Waals surface area contributed by atoms with Gasteiger partial charge in [0, 0.05) is 45.4 Å². The number of methoxy groups -OCH3 is 2. The number of rotatable bonds is 10. The van der Waals surface area contributed by atoms with Gasteiger partial charge >= 0.3 is 18.1 Å². The van der Waals surface area contributed by atoms with Gasteiger partial charge in [0.25, 0.3) is 5.91 Å². The van der Waals surface area contributed by atoms with Crippen LogP contribution in [0.25, 0.3) is 0 Å². The Bertz CT molecular complexity index is 1200.